The Morgan fingerprint density at radius 3 is 2.47 bits per heavy atom. The summed E-state index contributed by atoms with van der Waals surface area (Å²) >= 11 is 0. The van der Waals surface area contributed by atoms with Crippen LogP contribution in [0.1, 0.15) is 52.9 Å². The average molecular weight is 269 g/mol. The van der Waals surface area contributed by atoms with E-state index in [9.17, 15) is 9.90 Å². The predicted molar refractivity (Wildman–Crippen MR) is 73.9 cm³/mol. The van der Waals surface area contributed by atoms with Gasteiger partial charge >= 0.3 is 6.09 Å². The van der Waals surface area contributed by atoms with Gasteiger partial charge in [-0.2, -0.15) is 0 Å². The molecule has 1 heterocycles. The van der Waals surface area contributed by atoms with Crippen LogP contribution in [-0.2, 0) is 4.74 Å². The van der Waals surface area contributed by atoms with Gasteiger partial charge in [0.25, 0.3) is 0 Å². The van der Waals surface area contributed by atoms with Crippen molar-refractivity contribution in [1.82, 2.24) is 4.90 Å². The molecular weight excluding hydrogens is 242 g/mol. The van der Waals surface area contributed by atoms with E-state index in [2.05, 4.69) is 0 Å². The van der Waals surface area contributed by atoms with E-state index in [0.717, 1.165) is 12.3 Å². The molecule has 0 radical (unpaired) electrons. The first-order chi connectivity index (χ1) is 8.85. The van der Waals surface area contributed by atoms with Crippen molar-refractivity contribution < 1.29 is 14.6 Å². The van der Waals surface area contributed by atoms with Crippen LogP contribution in [-0.4, -0.2) is 40.9 Å². The second-order valence-electron chi connectivity index (χ2n) is 7.10. The lowest BCUT2D eigenvalue weighted by molar-refractivity contribution is 0.0269. The Hall–Kier alpha value is -0.770. The lowest BCUT2D eigenvalue weighted by Gasteiger charge is -2.24. The third-order valence-electron chi connectivity index (χ3n) is 4.17. The number of hydrogen-bond donors (Lipinski definition) is 1. The van der Waals surface area contributed by atoms with Gasteiger partial charge in [-0.15, -0.1) is 0 Å². The maximum atomic E-state index is 12.0. The van der Waals surface area contributed by atoms with Crippen molar-refractivity contribution in [3.8, 4) is 0 Å². The van der Waals surface area contributed by atoms with Gasteiger partial charge in [0.15, 0.2) is 0 Å². The van der Waals surface area contributed by atoms with E-state index in [1.807, 2.05) is 20.8 Å². The fourth-order valence-corrected chi connectivity index (χ4v) is 3.24. The van der Waals surface area contributed by atoms with E-state index in [1.54, 1.807) is 4.90 Å². The molecule has 2 atom stereocenters. The topological polar surface area (TPSA) is 49.8 Å². The van der Waals surface area contributed by atoms with Crippen molar-refractivity contribution >= 4 is 6.09 Å². The maximum absolute atomic E-state index is 12.0. The molecule has 2 rings (SSSR count). The molecule has 2 fully saturated rings. The Balaban J connectivity index is 1.84. The molecular formula is C15H27NO3. The van der Waals surface area contributed by atoms with Crippen LogP contribution >= 0.6 is 0 Å². The number of amides is 1. The first kappa shape index (κ1) is 14.6. The highest BCUT2D eigenvalue weighted by Crippen LogP contribution is 2.34. The van der Waals surface area contributed by atoms with Crippen molar-refractivity contribution in [3.05, 3.63) is 0 Å². The van der Waals surface area contributed by atoms with Crippen LogP contribution in [0, 0.1) is 11.8 Å². The van der Waals surface area contributed by atoms with Crippen molar-refractivity contribution in [2.75, 3.05) is 13.1 Å². The minimum absolute atomic E-state index is 0.232. The second-order valence-corrected chi connectivity index (χ2v) is 7.10. The number of nitrogens with zero attached hydrogens (tertiary/aromatic N) is 1. The van der Waals surface area contributed by atoms with E-state index in [4.69, 9.17) is 4.74 Å². The highest BCUT2D eigenvalue weighted by atomic mass is 16.6. The number of aliphatic hydroxyl groups excluding tert-OH is 1. The largest absolute Gasteiger partial charge is 0.444 e. The number of hydrogen-bond acceptors (Lipinski definition) is 3. The van der Waals surface area contributed by atoms with E-state index >= 15 is 0 Å². The normalized spacial score (nSPS) is 28.9. The molecule has 110 valence electrons. The zero-order valence-electron chi connectivity index (χ0n) is 12.4. The summed E-state index contributed by atoms with van der Waals surface area (Å²) in [5.41, 5.74) is -0.467. The predicted octanol–water partition coefficient (Wildman–Crippen LogP) is 2.79. The van der Waals surface area contributed by atoms with Gasteiger partial charge in [0.05, 0.1) is 12.6 Å². The first-order valence-corrected chi connectivity index (χ1v) is 7.51. The number of rotatable bonds is 2. The number of carbonyl (C=O) groups excluding carboxylic acids is 1. The van der Waals surface area contributed by atoms with E-state index < -0.39 is 5.60 Å². The third kappa shape index (κ3) is 4.10. The molecule has 0 aromatic carbocycles. The SMILES string of the molecule is CC(C)(C)OC(=O)N1C[C@@H](CC2CCCC2)[C@H](O)C1. The fourth-order valence-electron chi connectivity index (χ4n) is 3.24. The van der Waals surface area contributed by atoms with Gasteiger partial charge < -0.3 is 14.7 Å². The zero-order chi connectivity index (χ0) is 14.0. The summed E-state index contributed by atoms with van der Waals surface area (Å²) in [6.45, 7) is 6.67. The van der Waals surface area contributed by atoms with Crippen molar-refractivity contribution in [2.24, 2.45) is 11.8 Å². The molecule has 19 heavy (non-hydrogen) atoms. The lowest BCUT2D eigenvalue weighted by Crippen LogP contribution is -2.35. The van der Waals surface area contributed by atoms with Gasteiger partial charge in [-0.05, 0) is 33.1 Å². The van der Waals surface area contributed by atoms with E-state index in [1.165, 1.54) is 25.7 Å². The molecule has 1 aliphatic heterocycles. The fraction of sp³-hybridized carbons (Fsp3) is 0.933. The van der Waals surface area contributed by atoms with Crippen LogP contribution in [0.3, 0.4) is 0 Å². The van der Waals surface area contributed by atoms with Gasteiger partial charge in [0, 0.05) is 12.5 Å². The molecule has 1 aliphatic carbocycles. The van der Waals surface area contributed by atoms with Crippen LogP contribution in [0.2, 0.25) is 0 Å². The molecule has 1 saturated heterocycles. The molecule has 4 heteroatoms. The molecule has 0 spiro atoms. The molecule has 0 aromatic heterocycles. The molecule has 1 amide bonds. The molecule has 0 aromatic rings. The van der Waals surface area contributed by atoms with Gasteiger partial charge in [-0.1, -0.05) is 25.7 Å². The van der Waals surface area contributed by atoms with Crippen LogP contribution < -0.4 is 0 Å². The maximum Gasteiger partial charge on any atom is 0.410 e. The average Bonchev–Trinajstić information content (AvgIpc) is 2.88. The van der Waals surface area contributed by atoms with Crippen LogP contribution in [0.25, 0.3) is 0 Å². The summed E-state index contributed by atoms with van der Waals surface area (Å²) in [6, 6.07) is 0. The smallest absolute Gasteiger partial charge is 0.410 e. The number of likely N-dealkylation sites (tertiary alicyclic amines) is 1. The summed E-state index contributed by atoms with van der Waals surface area (Å²) in [4.78, 5) is 13.6. The monoisotopic (exact) mass is 269 g/mol. The molecule has 1 saturated carbocycles. The van der Waals surface area contributed by atoms with Gasteiger partial charge in [0.2, 0.25) is 0 Å². The quantitative estimate of drug-likeness (QED) is 0.838. The minimum Gasteiger partial charge on any atom is -0.444 e. The summed E-state index contributed by atoms with van der Waals surface area (Å²) in [5, 5.41) is 10.1. The Morgan fingerprint density at radius 2 is 1.89 bits per heavy atom. The highest BCUT2D eigenvalue weighted by Gasteiger charge is 2.37. The lowest BCUT2D eigenvalue weighted by atomic mass is 9.91. The Labute approximate surface area is 116 Å². The van der Waals surface area contributed by atoms with E-state index in [-0.39, 0.29) is 18.1 Å². The highest BCUT2D eigenvalue weighted by molar-refractivity contribution is 5.68. The Bertz CT molecular complexity index is 318. The van der Waals surface area contributed by atoms with Crippen molar-refractivity contribution in [2.45, 2.75) is 64.6 Å². The molecule has 1 N–H and O–H groups in total. The molecule has 4 nitrogen and oxygen atoms in total. The summed E-state index contributed by atoms with van der Waals surface area (Å²) < 4.78 is 5.36. The summed E-state index contributed by atoms with van der Waals surface area (Å²) in [5.74, 6) is 0.980. The Morgan fingerprint density at radius 1 is 1.26 bits per heavy atom. The van der Waals surface area contributed by atoms with Crippen molar-refractivity contribution in [3.63, 3.8) is 0 Å². The zero-order valence-corrected chi connectivity index (χ0v) is 12.4. The number of aliphatic hydroxyl groups is 1. The second kappa shape index (κ2) is 5.70. The van der Waals surface area contributed by atoms with Crippen LogP contribution in [0.5, 0.6) is 0 Å². The summed E-state index contributed by atoms with van der Waals surface area (Å²) in [6.07, 6.45) is 5.60. The Kier molecular flexibility index (Phi) is 4.39. The van der Waals surface area contributed by atoms with Crippen molar-refractivity contribution in [1.29, 1.82) is 0 Å². The first-order valence-electron chi connectivity index (χ1n) is 7.51. The van der Waals surface area contributed by atoms with Gasteiger partial charge in [-0.25, -0.2) is 4.79 Å². The summed E-state index contributed by atoms with van der Waals surface area (Å²) in [7, 11) is 0. The van der Waals surface area contributed by atoms with Crippen LogP contribution in [0.15, 0.2) is 0 Å². The van der Waals surface area contributed by atoms with Gasteiger partial charge in [-0.3, -0.25) is 0 Å². The number of ether oxygens (including phenoxy) is 1. The van der Waals surface area contributed by atoms with Crippen LogP contribution in [0.4, 0.5) is 4.79 Å². The number of β-amino-alcohol motifs (C(OH)–C–C–N with tert-alkyl or cyclic N) is 1. The minimum atomic E-state index is -0.467. The number of carbonyl (C=O) groups is 1. The molecule has 0 bridgehead atoms. The standard InChI is InChI=1S/C15H27NO3/c1-15(2,3)19-14(18)16-9-12(13(17)10-16)8-11-6-4-5-7-11/h11-13,17H,4-10H2,1-3H3/t12-,13-/m1/s1. The molecule has 2 aliphatic rings. The van der Waals surface area contributed by atoms with E-state index in [0.29, 0.717) is 13.1 Å². The third-order valence-corrected chi connectivity index (χ3v) is 4.17. The molecule has 0 unspecified atom stereocenters. The van der Waals surface area contributed by atoms with Gasteiger partial charge in [0.1, 0.15) is 5.60 Å².